The van der Waals surface area contributed by atoms with E-state index < -0.39 is 0 Å². The van der Waals surface area contributed by atoms with Crippen molar-refractivity contribution in [1.82, 2.24) is 10.3 Å². The average Bonchev–Trinajstić information content (AvgIpc) is 2.82. The number of anilines is 1. The van der Waals surface area contributed by atoms with Crippen LogP contribution in [0.5, 0.6) is 0 Å². The maximum absolute atomic E-state index is 4.55. The van der Waals surface area contributed by atoms with Gasteiger partial charge >= 0.3 is 0 Å². The molecule has 1 aliphatic rings. The summed E-state index contributed by atoms with van der Waals surface area (Å²) in [6.45, 7) is 8.78. The standard InChI is InChI=1S/C14H22BrN3/c1-10(2)18(9-12-5-4-6-16-12)14-7-11(3)13(15)8-17-14/h7-8,10,12,16H,4-6,9H2,1-3H3. The van der Waals surface area contributed by atoms with Gasteiger partial charge in [0.15, 0.2) is 0 Å². The fraction of sp³-hybridized carbons (Fsp3) is 0.643. The van der Waals surface area contributed by atoms with Crippen molar-refractivity contribution in [3.05, 3.63) is 22.3 Å². The SMILES string of the molecule is Cc1cc(N(CC2CCCN2)C(C)C)ncc1Br. The molecule has 0 radical (unpaired) electrons. The Labute approximate surface area is 118 Å². The first kappa shape index (κ1) is 13.8. The van der Waals surface area contributed by atoms with Gasteiger partial charge in [0.1, 0.15) is 5.82 Å². The quantitative estimate of drug-likeness (QED) is 0.926. The second kappa shape index (κ2) is 6.02. The van der Waals surface area contributed by atoms with Crippen LogP contribution in [0.3, 0.4) is 0 Å². The number of pyridine rings is 1. The highest BCUT2D eigenvalue weighted by Crippen LogP contribution is 2.22. The molecule has 3 nitrogen and oxygen atoms in total. The summed E-state index contributed by atoms with van der Waals surface area (Å²) in [6, 6.07) is 3.25. The van der Waals surface area contributed by atoms with Crippen molar-refractivity contribution in [2.24, 2.45) is 0 Å². The van der Waals surface area contributed by atoms with Gasteiger partial charge in [-0.25, -0.2) is 4.98 Å². The number of nitrogens with zero attached hydrogens (tertiary/aromatic N) is 2. The Hall–Kier alpha value is -0.610. The van der Waals surface area contributed by atoms with Gasteiger partial charge in [0, 0.05) is 29.3 Å². The van der Waals surface area contributed by atoms with Gasteiger partial charge in [-0.3, -0.25) is 0 Å². The molecule has 100 valence electrons. The largest absolute Gasteiger partial charge is 0.353 e. The Balaban J connectivity index is 2.15. The van der Waals surface area contributed by atoms with E-state index in [4.69, 9.17) is 0 Å². The van der Waals surface area contributed by atoms with Gasteiger partial charge in [-0.15, -0.1) is 0 Å². The summed E-state index contributed by atoms with van der Waals surface area (Å²) in [5.74, 6) is 1.08. The maximum atomic E-state index is 4.55. The van der Waals surface area contributed by atoms with Gasteiger partial charge in [-0.05, 0) is 67.7 Å². The number of aryl methyl sites for hydroxylation is 1. The lowest BCUT2D eigenvalue weighted by molar-refractivity contribution is 0.549. The third-order valence-corrected chi connectivity index (χ3v) is 4.36. The van der Waals surface area contributed by atoms with E-state index in [2.05, 4.69) is 58.0 Å². The van der Waals surface area contributed by atoms with Crippen LogP contribution in [0.2, 0.25) is 0 Å². The lowest BCUT2D eigenvalue weighted by Gasteiger charge is -2.31. The zero-order valence-electron chi connectivity index (χ0n) is 11.4. The zero-order chi connectivity index (χ0) is 13.1. The van der Waals surface area contributed by atoms with Gasteiger partial charge in [-0.1, -0.05) is 0 Å². The Morgan fingerprint density at radius 2 is 2.33 bits per heavy atom. The monoisotopic (exact) mass is 311 g/mol. The molecular formula is C14H22BrN3. The minimum atomic E-state index is 0.473. The molecule has 18 heavy (non-hydrogen) atoms. The summed E-state index contributed by atoms with van der Waals surface area (Å²) in [6.07, 6.45) is 4.48. The molecule has 0 saturated carbocycles. The molecule has 1 saturated heterocycles. The molecule has 0 spiro atoms. The Morgan fingerprint density at radius 3 is 2.89 bits per heavy atom. The van der Waals surface area contributed by atoms with E-state index in [-0.39, 0.29) is 0 Å². The summed E-state index contributed by atoms with van der Waals surface area (Å²) in [4.78, 5) is 6.95. The van der Waals surface area contributed by atoms with Crippen LogP contribution in [0.25, 0.3) is 0 Å². The van der Waals surface area contributed by atoms with E-state index in [0.717, 1.165) is 23.4 Å². The van der Waals surface area contributed by atoms with Crippen LogP contribution in [0.15, 0.2) is 16.7 Å². The van der Waals surface area contributed by atoms with E-state index in [1.807, 2.05) is 6.20 Å². The molecule has 4 heteroatoms. The van der Waals surface area contributed by atoms with Gasteiger partial charge < -0.3 is 10.2 Å². The van der Waals surface area contributed by atoms with Crippen molar-refractivity contribution in [1.29, 1.82) is 0 Å². The van der Waals surface area contributed by atoms with Crippen molar-refractivity contribution >= 4 is 21.7 Å². The molecule has 0 bridgehead atoms. The maximum Gasteiger partial charge on any atom is 0.129 e. The van der Waals surface area contributed by atoms with Crippen LogP contribution in [0.1, 0.15) is 32.3 Å². The molecule has 0 amide bonds. The van der Waals surface area contributed by atoms with E-state index in [1.54, 1.807) is 0 Å². The van der Waals surface area contributed by atoms with E-state index in [9.17, 15) is 0 Å². The van der Waals surface area contributed by atoms with Gasteiger partial charge in [-0.2, -0.15) is 0 Å². The molecule has 2 rings (SSSR count). The second-order valence-corrected chi connectivity index (χ2v) is 6.19. The van der Waals surface area contributed by atoms with Gasteiger partial charge in [0.05, 0.1) is 0 Å². The first-order chi connectivity index (χ1) is 8.58. The molecular weight excluding hydrogens is 290 g/mol. The van der Waals surface area contributed by atoms with Crippen molar-refractivity contribution in [2.75, 3.05) is 18.0 Å². The van der Waals surface area contributed by atoms with Crippen LogP contribution in [0.4, 0.5) is 5.82 Å². The molecule has 1 aromatic rings. The Morgan fingerprint density at radius 1 is 1.56 bits per heavy atom. The molecule has 1 fully saturated rings. The van der Waals surface area contributed by atoms with Crippen molar-refractivity contribution in [3.8, 4) is 0 Å². The lowest BCUT2D eigenvalue weighted by atomic mass is 10.2. The molecule has 2 heterocycles. The fourth-order valence-electron chi connectivity index (χ4n) is 2.40. The minimum Gasteiger partial charge on any atom is -0.353 e. The first-order valence-corrected chi connectivity index (χ1v) is 7.49. The summed E-state index contributed by atoms with van der Waals surface area (Å²) < 4.78 is 1.08. The molecule has 1 aliphatic heterocycles. The topological polar surface area (TPSA) is 28.2 Å². The fourth-order valence-corrected chi connectivity index (χ4v) is 2.62. The van der Waals surface area contributed by atoms with Gasteiger partial charge in [0.2, 0.25) is 0 Å². The highest BCUT2D eigenvalue weighted by molar-refractivity contribution is 9.10. The van der Waals surface area contributed by atoms with Gasteiger partial charge in [0.25, 0.3) is 0 Å². The van der Waals surface area contributed by atoms with E-state index in [1.165, 1.54) is 18.4 Å². The molecule has 0 aromatic carbocycles. The highest BCUT2D eigenvalue weighted by Gasteiger charge is 2.20. The number of nitrogens with one attached hydrogen (secondary N) is 1. The summed E-state index contributed by atoms with van der Waals surface area (Å²) in [5, 5.41) is 3.56. The van der Waals surface area contributed by atoms with Crippen LogP contribution in [-0.2, 0) is 0 Å². The normalized spacial score (nSPS) is 19.5. The summed E-state index contributed by atoms with van der Waals surface area (Å²) in [5.41, 5.74) is 1.24. The van der Waals surface area contributed by atoms with Crippen LogP contribution >= 0.6 is 15.9 Å². The number of hydrogen-bond donors (Lipinski definition) is 1. The van der Waals surface area contributed by atoms with E-state index in [0.29, 0.717) is 12.1 Å². The predicted molar refractivity (Wildman–Crippen MR) is 80.2 cm³/mol. The third kappa shape index (κ3) is 3.23. The molecule has 0 aliphatic carbocycles. The van der Waals surface area contributed by atoms with Crippen molar-refractivity contribution in [3.63, 3.8) is 0 Å². The van der Waals surface area contributed by atoms with E-state index >= 15 is 0 Å². The third-order valence-electron chi connectivity index (χ3n) is 3.53. The molecule has 1 aromatic heterocycles. The molecule has 1 unspecified atom stereocenters. The highest BCUT2D eigenvalue weighted by atomic mass is 79.9. The Bertz CT molecular complexity index is 400. The number of rotatable bonds is 4. The Kier molecular flexibility index (Phi) is 4.62. The zero-order valence-corrected chi connectivity index (χ0v) is 13.0. The summed E-state index contributed by atoms with van der Waals surface area (Å²) >= 11 is 3.51. The average molecular weight is 312 g/mol. The van der Waals surface area contributed by atoms with Crippen molar-refractivity contribution < 1.29 is 0 Å². The van der Waals surface area contributed by atoms with Crippen LogP contribution in [-0.4, -0.2) is 30.2 Å². The second-order valence-electron chi connectivity index (χ2n) is 5.33. The summed E-state index contributed by atoms with van der Waals surface area (Å²) in [7, 11) is 0. The first-order valence-electron chi connectivity index (χ1n) is 6.70. The van der Waals surface area contributed by atoms with Crippen LogP contribution in [0, 0.1) is 6.92 Å². The minimum absolute atomic E-state index is 0.473. The number of hydrogen-bond acceptors (Lipinski definition) is 3. The number of aromatic nitrogens is 1. The molecule has 1 atom stereocenters. The number of halogens is 1. The molecule has 1 N–H and O–H groups in total. The predicted octanol–water partition coefficient (Wildman–Crippen LogP) is 3.12. The van der Waals surface area contributed by atoms with Crippen LogP contribution < -0.4 is 10.2 Å². The van der Waals surface area contributed by atoms with Crippen molar-refractivity contribution in [2.45, 2.75) is 45.7 Å². The smallest absolute Gasteiger partial charge is 0.129 e. The lowest BCUT2D eigenvalue weighted by Crippen LogP contribution is -2.41.